The van der Waals surface area contributed by atoms with E-state index in [4.69, 9.17) is 9.94 Å². The molecular formula is C16H20N4O4. The molecule has 8 heteroatoms. The summed E-state index contributed by atoms with van der Waals surface area (Å²) in [6, 6.07) is 2.95. The van der Waals surface area contributed by atoms with Gasteiger partial charge in [-0.05, 0) is 30.9 Å². The van der Waals surface area contributed by atoms with Crippen LogP contribution in [-0.2, 0) is 9.63 Å². The van der Waals surface area contributed by atoms with Crippen LogP contribution < -0.4 is 5.32 Å². The zero-order valence-corrected chi connectivity index (χ0v) is 13.4. The molecule has 1 fully saturated rings. The van der Waals surface area contributed by atoms with Crippen LogP contribution in [0, 0.1) is 5.92 Å². The lowest BCUT2D eigenvalue weighted by Crippen LogP contribution is -2.34. The van der Waals surface area contributed by atoms with E-state index in [-0.39, 0.29) is 11.5 Å². The second-order valence-electron chi connectivity index (χ2n) is 5.90. The standard InChI is InChI=1S/C16H20N4O4/c1-24-19-5-2-11(3-6-19)8-15(21)18-14-10-17-13-9-12(16(22)23)4-7-20(13)14/h4,7,9-11H,2-3,5-6,8H2,1H3,(H,18,21)(H,22,23). The normalized spacial score (nSPS) is 16.4. The number of hydrogen-bond acceptors (Lipinski definition) is 5. The smallest absolute Gasteiger partial charge is 0.335 e. The van der Waals surface area contributed by atoms with Crippen molar-refractivity contribution in [2.45, 2.75) is 19.3 Å². The lowest BCUT2D eigenvalue weighted by Gasteiger charge is -2.29. The number of hydroxylamine groups is 2. The highest BCUT2D eigenvalue weighted by Gasteiger charge is 2.22. The third-order valence-electron chi connectivity index (χ3n) is 4.33. The first-order chi connectivity index (χ1) is 11.6. The first kappa shape index (κ1) is 16.4. The van der Waals surface area contributed by atoms with Crippen molar-refractivity contribution in [1.82, 2.24) is 14.4 Å². The molecular weight excluding hydrogens is 312 g/mol. The van der Waals surface area contributed by atoms with Gasteiger partial charge in [-0.1, -0.05) is 0 Å². The van der Waals surface area contributed by atoms with Gasteiger partial charge in [0.1, 0.15) is 11.5 Å². The molecule has 128 valence electrons. The molecule has 1 saturated heterocycles. The van der Waals surface area contributed by atoms with Crippen LogP contribution in [-0.4, -0.2) is 51.6 Å². The van der Waals surface area contributed by atoms with Gasteiger partial charge in [0.15, 0.2) is 0 Å². The Morgan fingerprint density at radius 1 is 1.42 bits per heavy atom. The number of carbonyl (C=O) groups excluding carboxylic acids is 1. The highest BCUT2D eigenvalue weighted by molar-refractivity contribution is 5.91. The summed E-state index contributed by atoms with van der Waals surface area (Å²) < 4.78 is 1.66. The van der Waals surface area contributed by atoms with Crippen molar-refractivity contribution in [3.8, 4) is 0 Å². The highest BCUT2D eigenvalue weighted by Crippen LogP contribution is 2.21. The number of amides is 1. The van der Waals surface area contributed by atoms with E-state index in [2.05, 4.69) is 10.3 Å². The zero-order chi connectivity index (χ0) is 17.1. The molecule has 2 N–H and O–H groups in total. The minimum atomic E-state index is -1.01. The number of anilines is 1. The molecule has 0 atom stereocenters. The van der Waals surface area contributed by atoms with Crippen molar-refractivity contribution >= 4 is 23.3 Å². The molecule has 1 aliphatic heterocycles. The average molecular weight is 332 g/mol. The number of nitrogens with zero attached hydrogens (tertiary/aromatic N) is 3. The Morgan fingerprint density at radius 3 is 2.83 bits per heavy atom. The van der Waals surface area contributed by atoms with Crippen LogP contribution in [0.25, 0.3) is 5.65 Å². The van der Waals surface area contributed by atoms with Crippen LogP contribution in [0.1, 0.15) is 29.6 Å². The summed E-state index contributed by atoms with van der Waals surface area (Å²) in [6.07, 6.45) is 5.44. The maximum Gasteiger partial charge on any atom is 0.335 e. The number of aromatic nitrogens is 2. The summed E-state index contributed by atoms with van der Waals surface area (Å²) in [4.78, 5) is 32.6. The molecule has 0 aromatic carbocycles. The summed E-state index contributed by atoms with van der Waals surface area (Å²) in [5.41, 5.74) is 0.648. The number of nitrogens with one attached hydrogen (secondary N) is 1. The molecule has 1 aliphatic rings. The predicted octanol–water partition coefficient (Wildman–Crippen LogP) is 1.63. The summed E-state index contributed by atoms with van der Waals surface area (Å²) in [7, 11) is 1.66. The van der Waals surface area contributed by atoms with Crippen molar-refractivity contribution in [1.29, 1.82) is 0 Å². The van der Waals surface area contributed by atoms with Gasteiger partial charge in [0.25, 0.3) is 0 Å². The van der Waals surface area contributed by atoms with E-state index in [1.165, 1.54) is 18.3 Å². The molecule has 24 heavy (non-hydrogen) atoms. The number of rotatable bonds is 5. The second-order valence-corrected chi connectivity index (χ2v) is 5.90. The quantitative estimate of drug-likeness (QED) is 0.864. The lowest BCUT2D eigenvalue weighted by molar-refractivity contribution is -0.149. The van der Waals surface area contributed by atoms with Crippen molar-refractivity contribution in [3.05, 3.63) is 30.1 Å². The van der Waals surface area contributed by atoms with E-state index in [1.807, 2.05) is 5.06 Å². The molecule has 0 saturated carbocycles. The third-order valence-corrected chi connectivity index (χ3v) is 4.33. The molecule has 0 bridgehead atoms. The molecule has 0 aliphatic carbocycles. The molecule has 0 radical (unpaired) electrons. The van der Waals surface area contributed by atoms with Crippen LogP contribution >= 0.6 is 0 Å². The van der Waals surface area contributed by atoms with Crippen molar-refractivity contribution in [2.75, 3.05) is 25.5 Å². The molecule has 8 nitrogen and oxygen atoms in total. The van der Waals surface area contributed by atoms with E-state index in [1.54, 1.807) is 17.7 Å². The van der Waals surface area contributed by atoms with Crippen LogP contribution in [0.4, 0.5) is 5.82 Å². The monoisotopic (exact) mass is 332 g/mol. The lowest BCUT2D eigenvalue weighted by atomic mass is 9.94. The van der Waals surface area contributed by atoms with E-state index in [9.17, 15) is 9.59 Å². The number of hydrogen-bond donors (Lipinski definition) is 2. The largest absolute Gasteiger partial charge is 0.478 e. The van der Waals surface area contributed by atoms with E-state index in [0.717, 1.165) is 25.9 Å². The fourth-order valence-corrected chi connectivity index (χ4v) is 2.96. The maximum absolute atomic E-state index is 12.3. The van der Waals surface area contributed by atoms with Gasteiger partial charge in [0, 0.05) is 25.7 Å². The minimum Gasteiger partial charge on any atom is -0.478 e. The van der Waals surface area contributed by atoms with E-state index >= 15 is 0 Å². The fourth-order valence-electron chi connectivity index (χ4n) is 2.96. The number of carboxylic acid groups (broad SMARTS) is 1. The topological polar surface area (TPSA) is 96.2 Å². The summed E-state index contributed by atoms with van der Waals surface area (Å²) in [5.74, 6) is -0.182. The van der Waals surface area contributed by atoms with Crippen molar-refractivity contribution in [2.24, 2.45) is 5.92 Å². The Balaban J connectivity index is 1.62. The summed E-state index contributed by atoms with van der Waals surface area (Å²) >= 11 is 0. The summed E-state index contributed by atoms with van der Waals surface area (Å²) in [5, 5.41) is 13.8. The number of carboxylic acids is 1. The van der Waals surface area contributed by atoms with E-state index in [0.29, 0.717) is 23.8 Å². The molecule has 1 amide bonds. The Kier molecular flexibility index (Phi) is 4.77. The van der Waals surface area contributed by atoms with Gasteiger partial charge in [0.05, 0.1) is 18.9 Å². The van der Waals surface area contributed by atoms with E-state index < -0.39 is 5.97 Å². The van der Waals surface area contributed by atoms with Gasteiger partial charge in [-0.25, -0.2) is 9.78 Å². The van der Waals surface area contributed by atoms with Crippen molar-refractivity contribution in [3.63, 3.8) is 0 Å². The molecule has 3 rings (SSSR count). The average Bonchev–Trinajstić information content (AvgIpc) is 2.97. The van der Waals surface area contributed by atoms with Gasteiger partial charge in [-0.15, -0.1) is 0 Å². The van der Waals surface area contributed by atoms with Gasteiger partial charge < -0.3 is 15.3 Å². The number of fused-ring (bicyclic) bond motifs is 1. The number of aromatic carboxylic acids is 1. The second kappa shape index (κ2) is 6.98. The minimum absolute atomic E-state index is 0.0602. The molecule has 0 spiro atoms. The molecule has 0 unspecified atom stereocenters. The Labute approximate surface area is 139 Å². The van der Waals surface area contributed by atoms with Gasteiger partial charge in [-0.3, -0.25) is 9.20 Å². The number of pyridine rings is 1. The van der Waals surface area contributed by atoms with Gasteiger partial charge in [0.2, 0.25) is 5.91 Å². The first-order valence-electron chi connectivity index (χ1n) is 7.86. The number of piperidine rings is 1. The van der Waals surface area contributed by atoms with Crippen LogP contribution in [0.5, 0.6) is 0 Å². The fraction of sp³-hybridized carbons (Fsp3) is 0.438. The highest BCUT2D eigenvalue weighted by atomic mass is 16.7. The number of carbonyl (C=O) groups is 2. The first-order valence-corrected chi connectivity index (χ1v) is 7.86. The summed E-state index contributed by atoms with van der Waals surface area (Å²) in [6.45, 7) is 1.67. The Hall–Kier alpha value is -2.45. The zero-order valence-electron chi connectivity index (χ0n) is 13.4. The molecule has 2 aromatic rings. The predicted molar refractivity (Wildman–Crippen MR) is 86.7 cm³/mol. The van der Waals surface area contributed by atoms with Crippen molar-refractivity contribution < 1.29 is 19.5 Å². The molecule has 2 aromatic heterocycles. The SMILES string of the molecule is CON1CCC(CC(=O)Nc2cnc3cc(C(=O)O)ccn23)CC1. The van der Waals surface area contributed by atoms with Crippen LogP contribution in [0.15, 0.2) is 24.5 Å². The Bertz CT molecular complexity index is 750. The third kappa shape index (κ3) is 3.55. The Morgan fingerprint density at radius 2 is 2.17 bits per heavy atom. The van der Waals surface area contributed by atoms with Crippen LogP contribution in [0.2, 0.25) is 0 Å². The maximum atomic E-state index is 12.3. The number of imidazole rings is 1. The van der Waals surface area contributed by atoms with Crippen LogP contribution in [0.3, 0.4) is 0 Å². The van der Waals surface area contributed by atoms with Gasteiger partial charge >= 0.3 is 5.97 Å². The van der Waals surface area contributed by atoms with Gasteiger partial charge in [-0.2, -0.15) is 5.06 Å². The molecule has 3 heterocycles.